The molecule has 0 N–H and O–H groups in total. The quantitative estimate of drug-likeness (QED) is 0.767. The van der Waals surface area contributed by atoms with Gasteiger partial charge in [-0.2, -0.15) is 0 Å². The molecule has 1 aromatic carbocycles. The van der Waals surface area contributed by atoms with Gasteiger partial charge in [-0.3, -0.25) is 4.79 Å². The number of benzene rings is 1. The number of fused-ring (bicyclic) bond motifs is 1. The molecule has 0 atom stereocenters. The van der Waals surface area contributed by atoms with E-state index >= 15 is 0 Å². The van der Waals surface area contributed by atoms with Crippen LogP contribution in [0.5, 0.6) is 0 Å². The second-order valence-corrected chi connectivity index (χ2v) is 5.95. The fourth-order valence-corrected chi connectivity index (χ4v) is 2.45. The van der Waals surface area contributed by atoms with Gasteiger partial charge in [0.2, 0.25) is 0 Å². The van der Waals surface area contributed by atoms with Crippen LogP contribution in [0.3, 0.4) is 0 Å². The fourth-order valence-electron chi connectivity index (χ4n) is 1.50. The molecule has 0 aliphatic carbocycles. The highest BCUT2D eigenvalue weighted by Gasteiger charge is 2.17. The Kier molecular flexibility index (Phi) is 3.15. The van der Waals surface area contributed by atoms with Gasteiger partial charge in [0.15, 0.2) is 0 Å². The lowest BCUT2D eigenvalue weighted by Crippen LogP contribution is -2.24. The van der Waals surface area contributed by atoms with Gasteiger partial charge in [-0.25, -0.2) is 4.98 Å². The van der Waals surface area contributed by atoms with E-state index in [0.29, 0.717) is 0 Å². The zero-order valence-electron chi connectivity index (χ0n) is 10.2. The molecule has 1 heterocycles. The maximum Gasteiger partial charge on any atom is 0.313 e. The molecule has 0 aliphatic heterocycles. The van der Waals surface area contributed by atoms with Gasteiger partial charge in [0, 0.05) is 0 Å². The first kappa shape index (κ1) is 12.0. The van der Waals surface area contributed by atoms with E-state index in [1.807, 2.05) is 45.0 Å². The van der Waals surface area contributed by atoms with Crippen molar-refractivity contribution >= 4 is 27.5 Å². The smallest absolute Gasteiger partial charge is 0.313 e. The summed E-state index contributed by atoms with van der Waals surface area (Å²) in [5.41, 5.74) is 0.504. The highest BCUT2D eigenvalue weighted by atomic mass is 32.1. The second-order valence-electron chi connectivity index (χ2n) is 4.84. The highest BCUT2D eigenvalue weighted by Crippen LogP contribution is 2.22. The van der Waals surface area contributed by atoms with Crippen molar-refractivity contribution in [2.24, 2.45) is 0 Å². The van der Waals surface area contributed by atoms with Crippen LogP contribution in [0.1, 0.15) is 25.8 Å². The number of carbonyl (C=O) groups excluding carboxylic acids is 1. The van der Waals surface area contributed by atoms with E-state index in [1.165, 1.54) is 11.3 Å². The van der Waals surface area contributed by atoms with Crippen LogP contribution in [0.4, 0.5) is 0 Å². The van der Waals surface area contributed by atoms with Crippen molar-refractivity contribution in [3.63, 3.8) is 0 Å². The van der Waals surface area contributed by atoms with E-state index < -0.39 is 5.60 Å². The monoisotopic (exact) mass is 249 g/mol. The molecule has 4 heteroatoms. The third-order valence-electron chi connectivity index (χ3n) is 2.05. The van der Waals surface area contributed by atoms with E-state index in [0.717, 1.165) is 15.2 Å². The molecule has 0 fully saturated rings. The average Bonchev–Trinajstić information content (AvgIpc) is 2.55. The molecule has 0 saturated carbocycles. The van der Waals surface area contributed by atoms with Crippen LogP contribution in [-0.4, -0.2) is 16.6 Å². The summed E-state index contributed by atoms with van der Waals surface area (Å²) in [5.74, 6) is -0.225. The van der Waals surface area contributed by atoms with Crippen molar-refractivity contribution in [2.75, 3.05) is 0 Å². The van der Waals surface area contributed by atoms with Gasteiger partial charge in [-0.15, -0.1) is 11.3 Å². The highest BCUT2D eigenvalue weighted by molar-refractivity contribution is 7.18. The molecule has 0 aliphatic rings. The van der Waals surface area contributed by atoms with Crippen molar-refractivity contribution in [3.8, 4) is 0 Å². The third kappa shape index (κ3) is 3.27. The lowest BCUT2D eigenvalue weighted by atomic mass is 10.2. The third-order valence-corrected chi connectivity index (χ3v) is 3.09. The predicted molar refractivity (Wildman–Crippen MR) is 69.2 cm³/mol. The van der Waals surface area contributed by atoms with E-state index in [4.69, 9.17) is 4.74 Å². The van der Waals surface area contributed by atoms with Gasteiger partial charge < -0.3 is 4.74 Å². The van der Waals surface area contributed by atoms with Crippen LogP contribution >= 0.6 is 11.3 Å². The van der Waals surface area contributed by atoms with Crippen LogP contribution < -0.4 is 0 Å². The van der Waals surface area contributed by atoms with Crippen molar-refractivity contribution < 1.29 is 9.53 Å². The summed E-state index contributed by atoms with van der Waals surface area (Å²) in [6, 6.07) is 7.87. The zero-order chi connectivity index (χ0) is 12.5. The molecule has 0 unspecified atom stereocenters. The molecule has 90 valence electrons. The molecule has 17 heavy (non-hydrogen) atoms. The molecular formula is C13H15NO2S. The number of rotatable bonds is 2. The molecular weight excluding hydrogens is 234 g/mol. The maximum absolute atomic E-state index is 11.6. The first-order valence-electron chi connectivity index (χ1n) is 5.50. The number of esters is 1. The zero-order valence-corrected chi connectivity index (χ0v) is 11.0. The van der Waals surface area contributed by atoms with Crippen LogP contribution in [0, 0.1) is 0 Å². The Morgan fingerprint density at radius 3 is 2.71 bits per heavy atom. The molecule has 0 amide bonds. The van der Waals surface area contributed by atoms with Crippen molar-refractivity contribution in [3.05, 3.63) is 29.3 Å². The molecule has 1 aromatic heterocycles. The standard InChI is InChI=1S/C13H15NO2S/c1-13(2,3)16-12(15)8-11-14-9-6-4-5-7-10(9)17-11/h4-7H,8H2,1-3H3. The molecule has 3 nitrogen and oxygen atoms in total. The van der Waals surface area contributed by atoms with Crippen LogP contribution in [0.25, 0.3) is 10.2 Å². The summed E-state index contributed by atoms with van der Waals surface area (Å²) in [7, 11) is 0. The minimum Gasteiger partial charge on any atom is -0.460 e. The minimum absolute atomic E-state index is 0.225. The number of hydrogen-bond acceptors (Lipinski definition) is 4. The number of hydrogen-bond donors (Lipinski definition) is 0. The first-order valence-corrected chi connectivity index (χ1v) is 6.32. The Morgan fingerprint density at radius 2 is 2.06 bits per heavy atom. The number of thiazole rings is 1. The van der Waals surface area contributed by atoms with Crippen LogP contribution in [0.2, 0.25) is 0 Å². The summed E-state index contributed by atoms with van der Waals surface area (Å²) in [4.78, 5) is 16.0. The largest absolute Gasteiger partial charge is 0.460 e. The molecule has 0 bridgehead atoms. The summed E-state index contributed by atoms with van der Waals surface area (Å²) >= 11 is 1.54. The van der Waals surface area contributed by atoms with Gasteiger partial charge in [-0.05, 0) is 32.9 Å². The molecule has 0 saturated heterocycles. The fraction of sp³-hybridized carbons (Fsp3) is 0.385. The topological polar surface area (TPSA) is 39.2 Å². The SMILES string of the molecule is CC(C)(C)OC(=O)Cc1nc2ccccc2s1. The van der Waals surface area contributed by atoms with Crippen molar-refractivity contribution in [1.29, 1.82) is 0 Å². The van der Waals surface area contributed by atoms with Crippen LogP contribution in [0.15, 0.2) is 24.3 Å². The summed E-state index contributed by atoms with van der Waals surface area (Å²) < 4.78 is 6.37. The second kappa shape index (κ2) is 4.45. The minimum atomic E-state index is -0.437. The van der Waals surface area contributed by atoms with Gasteiger partial charge in [-0.1, -0.05) is 12.1 Å². The van der Waals surface area contributed by atoms with Gasteiger partial charge in [0.1, 0.15) is 10.6 Å². The molecule has 0 radical (unpaired) electrons. The maximum atomic E-state index is 11.6. The molecule has 2 rings (SSSR count). The Labute approximate surface area is 104 Å². The number of para-hydroxylation sites is 1. The van der Waals surface area contributed by atoms with Gasteiger partial charge in [0.25, 0.3) is 0 Å². The lowest BCUT2D eigenvalue weighted by molar-refractivity contribution is -0.153. The number of aromatic nitrogens is 1. The lowest BCUT2D eigenvalue weighted by Gasteiger charge is -2.18. The van der Waals surface area contributed by atoms with E-state index in [2.05, 4.69) is 4.98 Å². The van der Waals surface area contributed by atoms with Gasteiger partial charge in [0.05, 0.1) is 16.6 Å². The van der Waals surface area contributed by atoms with E-state index in [1.54, 1.807) is 0 Å². The average molecular weight is 249 g/mol. The Morgan fingerprint density at radius 1 is 1.35 bits per heavy atom. The van der Waals surface area contributed by atoms with Crippen LogP contribution in [-0.2, 0) is 16.0 Å². The Balaban J connectivity index is 2.11. The summed E-state index contributed by atoms with van der Waals surface area (Å²) in [6.07, 6.45) is 0.247. The number of carbonyl (C=O) groups is 1. The molecule has 2 aromatic rings. The van der Waals surface area contributed by atoms with E-state index in [9.17, 15) is 4.79 Å². The van der Waals surface area contributed by atoms with E-state index in [-0.39, 0.29) is 12.4 Å². The van der Waals surface area contributed by atoms with Crippen molar-refractivity contribution in [2.45, 2.75) is 32.8 Å². The van der Waals surface area contributed by atoms with Gasteiger partial charge >= 0.3 is 5.97 Å². The molecule has 0 spiro atoms. The Hall–Kier alpha value is -1.42. The number of nitrogens with zero attached hydrogens (tertiary/aromatic N) is 1. The first-order chi connectivity index (χ1) is 7.94. The van der Waals surface area contributed by atoms with Crippen molar-refractivity contribution in [1.82, 2.24) is 4.98 Å². The predicted octanol–water partition coefficient (Wildman–Crippen LogP) is 3.18. The summed E-state index contributed by atoms with van der Waals surface area (Å²) in [6.45, 7) is 5.59. The Bertz CT molecular complexity index is 507. The summed E-state index contributed by atoms with van der Waals surface area (Å²) in [5, 5.41) is 0.806. The normalized spacial score (nSPS) is 11.7. The number of ether oxygens (including phenoxy) is 1.